The number of halogens is 1. The van der Waals surface area contributed by atoms with Crippen molar-refractivity contribution in [1.82, 2.24) is 0 Å². The lowest BCUT2D eigenvalue weighted by Crippen LogP contribution is -2.09. The second-order valence-corrected chi connectivity index (χ2v) is 6.11. The van der Waals surface area contributed by atoms with Gasteiger partial charge < -0.3 is 15.8 Å². The molecule has 2 aromatic rings. The van der Waals surface area contributed by atoms with E-state index in [2.05, 4.69) is 23.7 Å². The van der Waals surface area contributed by atoms with E-state index in [1.807, 2.05) is 13.8 Å². The number of nitrogen functional groups attached to an aromatic ring is 1. The highest BCUT2D eigenvalue weighted by Gasteiger charge is 2.11. The molecule has 0 bridgehead atoms. The van der Waals surface area contributed by atoms with Crippen molar-refractivity contribution >= 4 is 22.7 Å². The van der Waals surface area contributed by atoms with E-state index >= 15 is 0 Å². The van der Waals surface area contributed by atoms with Crippen LogP contribution < -0.4 is 15.8 Å². The first-order valence-electron chi connectivity index (χ1n) is 7.06. The van der Waals surface area contributed by atoms with Crippen molar-refractivity contribution in [3.8, 4) is 5.75 Å². The van der Waals surface area contributed by atoms with Gasteiger partial charge in [-0.1, -0.05) is 6.92 Å². The van der Waals surface area contributed by atoms with Crippen molar-refractivity contribution in [2.45, 2.75) is 39.8 Å². The van der Waals surface area contributed by atoms with Crippen molar-refractivity contribution in [3.63, 3.8) is 0 Å². The number of aryl methyl sites for hydroxylation is 1. The smallest absolute Gasteiger partial charge is 0.167 e. The lowest BCUT2D eigenvalue weighted by Gasteiger charge is -2.15. The average molecular weight is 308 g/mol. The van der Waals surface area contributed by atoms with Gasteiger partial charge in [0.15, 0.2) is 11.6 Å². The monoisotopic (exact) mass is 308 g/mol. The first-order chi connectivity index (χ1) is 10.0. The first kappa shape index (κ1) is 15.6. The molecule has 0 amide bonds. The summed E-state index contributed by atoms with van der Waals surface area (Å²) in [6.07, 6.45) is 0.918. The van der Waals surface area contributed by atoms with Gasteiger partial charge in [-0.05, 0) is 37.3 Å². The summed E-state index contributed by atoms with van der Waals surface area (Å²) in [4.78, 5) is 1.27. The molecular weight excluding hydrogens is 287 g/mol. The Morgan fingerprint density at radius 1 is 1.38 bits per heavy atom. The lowest BCUT2D eigenvalue weighted by atomic mass is 10.2. The normalized spacial score (nSPS) is 10.9. The molecule has 3 nitrogen and oxygen atoms in total. The molecule has 0 saturated heterocycles. The minimum atomic E-state index is -0.433. The zero-order chi connectivity index (χ0) is 15.4. The predicted molar refractivity (Wildman–Crippen MR) is 87.6 cm³/mol. The van der Waals surface area contributed by atoms with Crippen molar-refractivity contribution in [1.29, 1.82) is 0 Å². The molecule has 21 heavy (non-hydrogen) atoms. The summed E-state index contributed by atoms with van der Waals surface area (Å²) in [6, 6.07) is 5.06. The third-order valence-corrected chi connectivity index (χ3v) is 4.09. The van der Waals surface area contributed by atoms with Crippen LogP contribution in [0.15, 0.2) is 23.6 Å². The molecule has 1 aromatic heterocycles. The molecule has 114 valence electrons. The van der Waals surface area contributed by atoms with Gasteiger partial charge in [0.25, 0.3) is 0 Å². The molecule has 1 heterocycles. The Labute approximate surface area is 128 Å². The number of nitrogens with two attached hydrogens (primary N) is 1. The summed E-state index contributed by atoms with van der Waals surface area (Å²) >= 11 is 1.71. The molecule has 0 atom stereocenters. The maximum absolute atomic E-state index is 13.8. The van der Waals surface area contributed by atoms with Crippen LogP contribution in [0.5, 0.6) is 5.75 Å². The Hall–Kier alpha value is -1.75. The molecule has 3 N–H and O–H groups in total. The minimum absolute atomic E-state index is 0.0834. The molecule has 0 spiro atoms. The number of nitrogens with one attached hydrogen (secondary N) is 1. The minimum Gasteiger partial charge on any atom is -0.488 e. The summed E-state index contributed by atoms with van der Waals surface area (Å²) in [7, 11) is 0. The highest BCUT2D eigenvalue weighted by molar-refractivity contribution is 7.10. The Morgan fingerprint density at radius 3 is 2.81 bits per heavy atom. The lowest BCUT2D eigenvalue weighted by molar-refractivity contribution is 0.231. The number of ether oxygens (including phenoxy) is 1. The van der Waals surface area contributed by atoms with E-state index in [1.54, 1.807) is 17.4 Å². The molecule has 0 unspecified atom stereocenters. The van der Waals surface area contributed by atoms with E-state index < -0.39 is 5.82 Å². The number of rotatable bonds is 6. The van der Waals surface area contributed by atoms with E-state index in [0.29, 0.717) is 17.9 Å². The maximum atomic E-state index is 13.8. The summed E-state index contributed by atoms with van der Waals surface area (Å²) in [5.41, 5.74) is 8.29. The summed E-state index contributed by atoms with van der Waals surface area (Å²) in [6.45, 7) is 6.54. The van der Waals surface area contributed by atoms with Crippen molar-refractivity contribution in [2.75, 3.05) is 11.1 Å². The van der Waals surface area contributed by atoms with Crippen molar-refractivity contribution < 1.29 is 9.13 Å². The van der Waals surface area contributed by atoms with Gasteiger partial charge >= 0.3 is 0 Å². The summed E-state index contributed by atoms with van der Waals surface area (Å²) in [5, 5.41) is 5.35. The van der Waals surface area contributed by atoms with E-state index in [-0.39, 0.29) is 11.9 Å². The largest absolute Gasteiger partial charge is 0.488 e. The number of thiophene rings is 1. The molecule has 0 aliphatic heterocycles. The SMILES string of the molecule is CCc1ccsc1CNc1cc(OC(C)C)c(F)cc1N. The van der Waals surface area contributed by atoms with Gasteiger partial charge in [-0.15, -0.1) is 11.3 Å². The Bertz CT molecular complexity index is 610. The van der Waals surface area contributed by atoms with Gasteiger partial charge in [0.1, 0.15) is 0 Å². The second-order valence-electron chi connectivity index (χ2n) is 5.11. The van der Waals surface area contributed by atoms with Gasteiger partial charge in [-0.25, -0.2) is 4.39 Å². The molecule has 5 heteroatoms. The maximum Gasteiger partial charge on any atom is 0.167 e. The van der Waals surface area contributed by atoms with Gasteiger partial charge in [0.05, 0.1) is 17.5 Å². The van der Waals surface area contributed by atoms with Crippen molar-refractivity contribution in [3.05, 3.63) is 39.8 Å². The van der Waals surface area contributed by atoms with Crippen LogP contribution in [0.1, 0.15) is 31.2 Å². The first-order valence-corrected chi connectivity index (χ1v) is 7.94. The van der Waals surface area contributed by atoms with Gasteiger partial charge in [0.2, 0.25) is 0 Å². The molecule has 0 radical (unpaired) electrons. The third-order valence-electron chi connectivity index (χ3n) is 3.12. The number of benzene rings is 1. The fraction of sp³-hybridized carbons (Fsp3) is 0.375. The topological polar surface area (TPSA) is 47.3 Å². The van der Waals surface area contributed by atoms with E-state index in [0.717, 1.165) is 6.42 Å². The fourth-order valence-corrected chi connectivity index (χ4v) is 2.99. The van der Waals surface area contributed by atoms with Gasteiger partial charge in [0, 0.05) is 23.6 Å². The second kappa shape index (κ2) is 6.80. The zero-order valence-electron chi connectivity index (χ0n) is 12.6. The molecule has 2 rings (SSSR count). The van der Waals surface area contributed by atoms with Crippen LogP contribution in [-0.4, -0.2) is 6.10 Å². The molecule has 0 saturated carbocycles. The Kier molecular flexibility index (Phi) is 5.07. The molecule has 1 aromatic carbocycles. The quantitative estimate of drug-likeness (QED) is 0.776. The average Bonchev–Trinajstić information content (AvgIpc) is 2.87. The standard InChI is InChI=1S/C16H21FN2OS/c1-4-11-5-6-21-16(11)9-19-14-8-15(20-10(2)3)12(17)7-13(14)18/h5-8,10,19H,4,9,18H2,1-3H3. The molecule has 0 aliphatic rings. The van der Waals surface area contributed by atoms with E-state index in [1.165, 1.54) is 16.5 Å². The molecule has 0 fully saturated rings. The Balaban J connectivity index is 2.16. The summed E-state index contributed by atoms with van der Waals surface area (Å²) in [5.74, 6) is -0.208. The third kappa shape index (κ3) is 3.88. The number of anilines is 2. The van der Waals surface area contributed by atoms with Crippen LogP contribution in [0, 0.1) is 5.82 Å². The van der Waals surface area contributed by atoms with Gasteiger partial charge in [-0.2, -0.15) is 0 Å². The van der Waals surface area contributed by atoms with Crippen molar-refractivity contribution in [2.24, 2.45) is 0 Å². The van der Waals surface area contributed by atoms with Crippen LogP contribution in [0.4, 0.5) is 15.8 Å². The fourth-order valence-electron chi connectivity index (χ4n) is 2.08. The van der Waals surface area contributed by atoms with E-state index in [4.69, 9.17) is 10.5 Å². The molecular formula is C16H21FN2OS. The van der Waals surface area contributed by atoms with E-state index in [9.17, 15) is 4.39 Å². The zero-order valence-corrected chi connectivity index (χ0v) is 13.4. The highest BCUT2D eigenvalue weighted by atomic mass is 32.1. The number of hydrogen-bond acceptors (Lipinski definition) is 4. The van der Waals surface area contributed by atoms with Crippen LogP contribution in [0.3, 0.4) is 0 Å². The van der Waals surface area contributed by atoms with Crippen LogP contribution in [-0.2, 0) is 13.0 Å². The van der Waals surface area contributed by atoms with Gasteiger partial charge in [-0.3, -0.25) is 0 Å². The van der Waals surface area contributed by atoms with Crippen LogP contribution in [0.2, 0.25) is 0 Å². The van der Waals surface area contributed by atoms with Crippen LogP contribution >= 0.6 is 11.3 Å². The Morgan fingerprint density at radius 2 is 2.14 bits per heavy atom. The van der Waals surface area contributed by atoms with Crippen LogP contribution in [0.25, 0.3) is 0 Å². The highest BCUT2D eigenvalue weighted by Crippen LogP contribution is 2.30. The summed E-state index contributed by atoms with van der Waals surface area (Å²) < 4.78 is 19.2. The predicted octanol–water partition coefficient (Wildman–Crippen LogP) is 4.43. The number of hydrogen-bond donors (Lipinski definition) is 2. The molecule has 0 aliphatic carbocycles.